The van der Waals surface area contributed by atoms with Gasteiger partial charge in [0.1, 0.15) is 6.04 Å². The van der Waals surface area contributed by atoms with Crippen LogP contribution in [-0.4, -0.2) is 45.3 Å². The standard InChI is InChI=1S/C17H22N4O2/c1-11-5-3-4-8-21(11)17(23)12(2)20-16(22)13-6-7-14-15(9-13)19-10-18-14/h6-7,9-12H,3-5,8H2,1-2H3,(H,18,19)(H,20,22)/t11-,12+/m1/s1. The number of aromatic nitrogens is 2. The molecule has 2 amide bonds. The van der Waals surface area contributed by atoms with Crippen LogP contribution in [0.5, 0.6) is 0 Å². The number of carbonyl (C=O) groups is 2. The molecule has 0 bridgehead atoms. The van der Waals surface area contributed by atoms with Crippen LogP contribution >= 0.6 is 0 Å². The minimum absolute atomic E-state index is 0.00633. The normalized spacial score (nSPS) is 19.6. The summed E-state index contributed by atoms with van der Waals surface area (Å²) >= 11 is 0. The lowest BCUT2D eigenvalue weighted by atomic mass is 10.0. The zero-order valence-electron chi connectivity index (χ0n) is 13.5. The Kier molecular flexibility index (Phi) is 4.32. The van der Waals surface area contributed by atoms with E-state index in [2.05, 4.69) is 22.2 Å². The minimum Gasteiger partial charge on any atom is -0.345 e. The molecule has 0 unspecified atom stereocenters. The third-order valence-electron chi connectivity index (χ3n) is 4.49. The second-order valence-electron chi connectivity index (χ2n) is 6.21. The molecule has 6 heteroatoms. The van der Waals surface area contributed by atoms with Crippen LogP contribution in [-0.2, 0) is 4.79 Å². The Labute approximate surface area is 135 Å². The van der Waals surface area contributed by atoms with E-state index in [0.717, 1.165) is 36.8 Å². The molecule has 2 N–H and O–H groups in total. The maximum absolute atomic E-state index is 12.5. The number of nitrogens with zero attached hydrogens (tertiary/aromatic N) is 2. The molecule has 3 rings (SSSR count). The summed E-state index contributed by atoms with van der Waals surface area (Å²) in [6.07, 6.45) is 4.82. The summed E-state index contributed by atoms with van der Waals surface area (Å²) in [6, 6.07) is 4.98. The first-order chi connectivity index (χ1) is 11.1. The van der Waals surface area contributed by atoms with Gasteiger partial charge in [0, 0.05) is 18.2 Å². The number of amides is 2. The number of nitrogens with one attached hydrogen (secondary N) is 2. The summed E-state index contributed by atoms with van der Waals surface area (Å²) in [5, 5.41) is 2.81. The van der Waals surface area contributed by atoms with Crippen LogP contribution in [0.3, 0.4) is 0 Å². The van der Waals surface area contributed by atoms with E-state index >= 15 is 0 Å². The molecular weight excluding hydrogens is 292 g/mol. The van der Waals surface area contributed by atoms with Gasteiger partial charge in [0.2, 0.25) is 5.91 Å². The molecule has 1 fully saturated rings. The number of imidazole rings is 1. The van der Waals surface area contributed by atoms with Gasteiger partial charge in [0.15, 0.2) is 0 Å². The largest absolute Gasteiger partial charge is 0.345 e. The van der Waals surface area contributed by atoms with Gasteiger partial charge in [-0.15, -0.1) is 0 Å². The Hall–Kier alpha value is -2.37. The van der Waals surface area contributed by atoms with Crippen molar-refractivity contribution in [3.05, 3.63) is 30.1 Å². The van der Waals surface area contributed by atoms with Crippen LogP contribution in [0.2, 0.25) is 0 Å². The van der Waals surface area contributed by atoms with Gasteiger partial charge in [-0.1, -0.05) is 0 Å². The number of fused-ring (bicyclic) bond motifs is 1. The van der Waals surface area contributed by atoms with E-state index in [-0.39, 0.29) is 17.9 Å². The van der Waals surface area contributed by atoms with Crippen molar-refractivity contribution in [3.8, 4) is 0 Å². The van der Waals surface area contributed by atoms with Crippen molar-refractivity contribution in [1.82, 2.24) is 20.2 Å². The molecule has 2 atom stereocenters. The van der Waals surface area contributed by atoms with Crippen molar-refractivity contribution < 1.29 is 9.59 Å². The molecule has 122 valence electrons. The maximum Gasteiger partial charge on any atom is 0.251 e. The fraction of sp³-hybridized carbons (Fsp3) is 0.471. The molecule has 23 heavy (non-hydrogen) atoms. The highest BCUT2D eigenvalue weighted by molar-refractivity contribution is 5.99. The first kappa shape index (κ1) is 15.5. The number of rotatable bonds is 3. The van der Waals surface area contributed by atoms with Gasteiger partial charge in [-0.2, -0.15) is 0 Å². The van der Waals surface area contributed by atoms with E-state index in [1.54, 1.807) is 31.5 Å². The van der Waals surface area contributed by atoms with E-state index in [0.29, 0.717) is 5.56 Å². The Morgan fingerprint density at radius 3 is 3.00 bits per heavy atom. The minimum atomic E-state index is -0.527. The van der Waals surface area contributed by atoms with Crippen molar-refractivity contribution in [2.24, 2.45) is 0 Å². The van der Waals surface area contributed by atoms with Crippen molar-refractivity contribution in [2.75, 3.05) is 6.54 Å². The van der Waals surface area contributed by atoms with Gasteiger partial charge < -0.3 is 15.2 Å². The molecule has 1 aliphatic heterocycles. The van der Waals surface area contributed by atoms with Crippen LogP contribution < -0.4 is 5.32 Å². The summed E-state index contributed by atoms with van der Waals surface area (Å²) in [7, 11) is 0. The molecule has 0 radical (unpaired) electrons. The predicted octanol–water partition coefficient (Wildman–Crippen LogP) is 2.08. The molecule has 0 saturated carbocycles. The lowest BCUT2D eigenvalue weighted by molar-refractivity contribution is -0.136. The topological polar surface area (TPSA) is 78.1 Å². The predicted molar refractivity (Wildman–Crippen MR) is 88.0 cm³/mol. The Balaban J connectivity index is 1.67. The molecule has 2 aromatic rings. The third kappa shape index (κ3) is 3.21. The number of piperidine rings is 1. The van der Waals surface area contributed by atoms with Gasteiger partial charge in [0.05, 0.1) is 17.4 Å². The Morgan fingerprint density at radius 2 is 2.22 bits per heavy atom. The number of hydrogen-bond donors (Lipinski definition) is 2. The van der Waals surface area contributed by atoms with Crippen molar-refractivity contribution in [3.63, 3.8) is 0 Å². The first-order valence-corrected chi connectivity index (χ1v) is 8.11. The van der Waals surface area contributed by atoms with Gasteiger partial charge in [0.25, 0.3) is 5.91 Å². The van der Waals surface area contributed by atoms with Crippen molar-refractivity contribution in [1.29, 1.82) is 0 Å². The monoisotopic (exact) mass is 314 g/mol. The smallest absolute Gasteiger partial charge is 0.251 e. The fourth-order valence-corrected chi connectivity index (χ4v) is 3.09. The Bertz CT molecular complexity index is 724. The molecule has 1 aliphatic rings. The van der Waals surface area contributed by atoms with E-state index in [9.17, 15) is 9.59 Å². The van der Waals surface area contributed by atoms with Crippen LogP contribution in [0.4, 0.5) is 0 Å². The zero-order valence-corrected chi connectivity index (χ0v) is 13.5. The second kappa shape index (κ2) is 6.40. The maximum atomic E-state index is 12.5. The van der Waals surface area contributed by atoms with Crippen LogP contribution in [0.1, 0.15) is 43.5 Å². The molecular formula is C17H22N4O2. The fourth-order valence-electron chi connectivity index (χ4n) is 3.09. The average Bonchev–Trinajstić information content (AvgIpc) is 3.02. The zero-order chi connectivity index (χ0) is 16.4. The number of H-pyrrole nitrogens is 1. The van der Waals surface area contributed by atoms with Gasteiger partial charge >= 0.3 is 0 Å². The molecule has 1 aromatic heterocycles. The molecule has 1 aromatic carbocycles. The van der Waals surface area contributed by atoms with E-state index in [1.165, 1.54) is 0 Å². The number of benzene rings is 1. The second-order valence-corrected chi connectivity index (χ2v) is 6.21. The summed E-state index contributed by atoms with van der Waals surface area (Å²) in [4.78, 5) is 33.9. The van der Waals surface area contributed by atoms with E-state index in [1.807, 2.05) is 4.90 Å². The lowest BCUT2D eigenvalue weighted by Crippen LogP contribution is -2.51. The number of likely N-dealkylation sites (tertiary alicyclic amines) is 1. The molecule has 6 nitrogen and oxygen atoms in total. The van der Waals surface area contributed by atoms with Gasteiger partial charge in [-0.25, -0.2) is 4.98 Å². The van der Waals surface area contributed by atoms with Crippen LogP contribution in [0.25, 0.3) is 11.0 Å². The molecule has 2 heterocycles. The highest BCUT2D eigenvalue weighted by atomic mass is 16.2. The van der Waals surface area contributed by atoms with Crippen molar-refractivity contribution in [2.45, 2.75) is 45.2 Å². The highest BCUT2D eigenvalue weighted by Crippen LogP contribution is 2.17. The molecule has 0 spiro atoms. The molecule has 1 saturated heterocycles. The third-order valence-corrected chi connectivity index (χ3v) is 4.49. The van der Waals surface area contributed by atoms with Crippen LogP contribution in [0, 0.1) is 0 Å². The summed E-state index contributed by atoms with van der Waals surface area (Å²) in [5.41, 5.74) is 2.14. The molecule has 0 aliphatic carbocycles. The van der Waals surface area contributed by atoms with Crippen molar-refractivity contribution >= 4 is 22.8 Å². The number of aromatic amines is 1. The van der Waals surface area contributed by atoms with E-state index < -0.39 is 6.04 Å². The quantitative estimate of drug-likeness (QED) is 0.910. The number of carbonyl (C=O) groups excluding carboxylic acids is 2. The Morgan fingerprint density at radius 1 is 1.39 bits per heavy atom. The average molecular weight is 314 g/mol. The highest BCUT2D eigenvalue weighted by Gasteiger charge is 2.27. The van der Waals surface area contributed by atoms with E-state index in [4.69, 9.17) is 0 Å². The summed E-state index contributed by atoms with van der Waals surface area (Å²) < 4.78 is 0. The number of hydrogen-bond acceptors (Lipinski definition) is 3. The lowest BCUT2D eigenvalue weighted by Gasteiger charge is -2.35. The first-order valence-electron chi connectivity index (χ1n) is 8.11. The van der Waals surface area contributed by atoms with Gasteiger partial charge in [-0.05, 0) is 51.3 Å². The van der Waals surface area contributed by atoms with Gasteiger partial charge in [-0.3, -0.25) is 9.59 Å². The SMILES string of the molecule is C[C@H](NC(=O)c1ccc2nc[nH]c2c1)C(=O)N1CCCC[C@H]1C. The summed E-state index contributed by atoms with van der Waals surface area (Å²) in [6.45, 7) is 4.59. The van der Waals surface area contributed by atoms with Crippen LogP contribution in [0.15, 0.2) is 24.5 Å². The summed E-state index contributed by atoms with van der Waals surface area (Å²) in [5.74, 6) is -0.250.